The normalized spacial score (nSPS) is 11.2. The fourth-order valence-electron chi connectivity index (χ4n) is 2.53. The molecule has 0 spiro atoms. The van der Waals surface area contributed by atoms with Gasteiger partial charge in [-0.1, -0.05) is 19.1 Å². The molecule has 192 valence electrons. The Balaban J connectivity index is 1.69. The zero-order valence-electron chi connectivity index (χ0n) is 20.0. The minimum Gasteiger partial charge on any atom is -0.491 e. The SMILES string of the molecule is CCc1ccc(OCCOCCOCCOCCOCCOCCOCCOCCO)cc1. The molecular formula is C24H42O9. The molecule has 0 saturated carbocycles. The van der Waals surface area contributed by atoms with E-state index in [4.69, 9.17) is 43.0 Å². The Morgan fingerprint density at radius 3 is 1.15 bits per heavy atom. The van der Waals surface area contributed by atoms with Crippen LogP contribution in [0.4, 0.5) is 0 Å². The van der Waals surface area contributed by atoms with Gasteiger partial charge < -0.3 is 43.0 Å². The van der Waals surface area contributed by atoms with Crippen molar-refractivity contribution in [3.05, 3.63) is 29.8 Å². The number of aryl methyl sites for hydroxylation is 1. The third kappa shape index (κ3) is 19.8. The Morgan fingerprint density at radius 1 is 0.485 bits per heavy atom. The molecule has 33 heavy (non-hydrogen) atoms. The minimum atomic E-state index is 0.0317. The second-order valence-corrected chi connectivity index (χ2v) is 6.86. The predicted octanol–water partition coefficient (Wildman–Crippen LogP) is 1.74. The van der Waals surface area contributed by atoms with E-state index < -0.39 is 0 Å². The zero-order chi connectivity index (χ0) is 23.7. The van der Waals surface area contributed by atoms with Gasteiger partial charge in [0.1, 0.15) is 12.4 Å². The van der Waals surface area contributed by atoms with Gasteiger partial charge in [-0.2, -0.15) is 0 Å². The van der Waals surface area contributed by atoms with Crippen molar-refractivity contribution in [1.82, 2.24) is 0 Å². The van der Waals surface area contributed by atoms with Crippen LogP contribution in [0.25, 0.3) is 0 Å². The fraction of sp³-hybridized carbons (Fsp3) is 0.750. The summed E-state index contributed by atoms with van der Waals surface area (Å²) in [6, 6.07) is 8.12. The van der Waals surface area contributed by atoms with Crippen molar-refractivity contribution in [3.63, 3.8) is 0 Å². The van der Waals surface area contributed by atoms with Crippen LogP contribution in [0.2, 0.25) is 0 Å². The largest absolute Gasteiger partial charge is 0.491 e. The highest BCUT2D eigenvalue weighted by molar-refractivity contribution is 5.27. The van der Waals surface area contributed by atoms with Gasteiger partial charge in [0.05, 0.1) is 99.1 Å². The van der Waals surface area contributed by atoms with Gasteiger partial charge >= 0.3 is 0 Å². The molecule has 0 fully saturated rings. The number of aliphatic hydroxyl groups is 1. The molecule has 0 radical (unpaired) electrons. The summed E-state index contributed by atoms with van der Waals surface area (Å²) in [5.74, 6) is 0.864. The molecule has 0 aliphatic carbocycles. The molecule has 0 aliphatic rings. The van der Waals surface area contributed by atoms with Gasteiger partial charge in [0.25, 0.3) is 0 Å². The Kier molecular flexibility index (Phi) is 21.5. The average molecular weight is 475 g/mol. The summed E-state index contributed by atoms with van der Waals surface area (Å²) in [5, 5.41) is 8.55. The lowest BCUT2D eigenvalue weighted by Gasteiger charge is -2.09. The molecule has 0 unspecified atom stereocenters. The second-order valence-electron chi connectivity index (χ2n) is 6.86. The van der Waals surface area contributed by atoms with Crippen LogP contribution in [-0.2, 0) is 39.6 Å². The number of ether oxygens (including phenoxy) is 8. The molecule has 9 nitrogen and oxygen atoms in total. The molecule has 1 rings (SSSR count). The predicted molar refractivity (Wildman–Crippen MR) is 124 cm³/mol. The first-order valence-electron chi connectivity index (χ1n) is 11.7. The first-order valence-corrected chi connectivity index (χ1v) is 11.7. The minimum absolute atomic E-state index is 0.0317. The Bertz CT molecular complexity index is 513. The van der Waals surface area contributed by atoms with E-state index in [9.17, 15) is 0 Å². The van der Waals surface area contributed by atoms with Crippen LogP contribution in [-0.4, -0.2) is 111 Å². The molecule has 1 aromatic carbocycles. The van der Waals surface area contributed by atoms with Crippen molar-refractivity contribution in [1.29, 1.82) is 0 Å². The van der Waals surface area contributed by atoms with Crippen molar-refractivity contribution in [2.75, 3.05) is 106 Å². The molecule has 0 heterocycles. The van der Waals surface area contributed by atoms with Crippen LogP contribution in [0.1, 0.15) is 12.5 Å². The number of hydrogen-bond acceptors (Lipinski definition) is 9. The maximum atomic E-state index is 8.55. The molecule has 0 aromatic heterocycles. The van der Waals surface area contributed by atoms with E-state index in [1.807, 2.05) is 12.1 Å². The van der Waals surface area contributed by atoms with Crippen LogP contribution in [0.3, 0.4) is 0 Å². The summed E-state index contributed by atoms with van der Waals surface area (Å²) in [6.07, 6.45) is 1.03. The standard InChI is InChI=1S/C24H42O9/c1-2-23-3-5-24(6-4-23)33-22-21-32-20-19-31-18-17-30-16-15-29-14-13-28-12-11-27-10-9-26-8-7-25/h3-6,25H,2,7-22H2,1H3. The van der Waals surface area contributed by atoms with Crippen LogP contribution in [0.5, 0.6) is 5.75 Å². The van der Waals surface area contributed by atoms with Gasteiger partial charge in [0.15, 0.2) is 0 Å². The Morgan fingerprint density at radius 2 is 0.818 bits per heavy atom. The molecule has 1 N–H and O–H groups in total. The molecule has 0 atom stereocenters. The second kappa shape index (κ2) is 23.8. The van der Waals surface area contributed by atoms with Crippen molar-refractivity contribution in [2.24, 2.45) is 0 Å². The average Bonchev–Trinajstić information content (AvgIpc) is 2.85. The molecule has 1 aromatic rings. The van der Waals surface area contributed by atoms with Gasteiger partial charge in [-0.3, -0.25) is 0 Å². The lowest BCUT2D eigenvalue weighted by molar-refractivity contribution is -0.0221. The number of aliphatic hydroxyl groups excluding tert-OH is 1. The van der Waals surface area contributed by atoms with E-state index in [-0.39, 0.29) is 6.61 Å². The fourth-order valence-corrected chi connectivity index (χ4v) is 2.53. The molecular weight excluding hydrogens is 432 g/mol. The first-order chi connectivity index (χ1) is 16.4. The summed E-state index contributed by atoms with van der Waals surface area (Å²) in [4.78, 5) is 0. The smallest absolute Gasteiger partial charge is 0.119 e. The highest BCUT2D eigenvalue weighted by Crippen LogP contribution is 2.12. The summed E-state index contributed by atoms with van der Waals surface area (Å²) >= 11 is 0. The van der Waals surface area contributed by atoms with E-state index in [1.165, 1.54) is 5.56 Å². The molecule has 0 saturated heterocycles. The maximum absolute atomic E-state index is 8.55. The quantitative estimate of drug-likeness (QED) is 0.213. The Labute approximate surface area is 198 Å². The zero-order valence-corrected chi connectivity index (χ0v) is 20.0. The van der Waals surface area contributed by atoms with E-state index in [1.54, 1.807) is 0 Å². The highest BCUT2D eigenvalue weighted by Gasteiger charge is 1.96. The molecule has 0 amide bonds. The summed E-state index contributed by atoms with van der Waals surface area (Å²) in [6.45, 7) is 9.75. The van der Waals surface area contributed by atoms with Crippen LogP contribution >= 0.6 is 0 Å². The molecule has 9 heteroatoms. The van der Waals surface area contributed by atoms with Gasteiger partial charge in [0, 0.05) is 0 Å². The van der Waals surface area contributed by atoms with Crippen molar-refractivity contribution in [2.45, 2.75) is 13.3 Å². The highest BCUT2D eigenvalue weighted by atomic mass is 16.6. The lowest BCUT2D eigenvalue weighted by Crippen LogP contribution is -2.15. The van der Waals surface area contributed by atoms with Crippen molar-refractivity contribution in [3.8, 4) is 5.75 Å². The van der Waals surface area contributed by atoms with Gasteiger partial charge in [-0.15, -0.1) is 0 Å². The summed E-state index contributed by atoms with van der Waals surface area (Å²) in [7, 11) is 0. The van der Waals surface area contributed by atoms with Crippen molar-refractivity contribution < 1.29 is 43.0 Å². The van der Waals surface area contributed by atoms with Gasteiger partial charge in [0.2, 0.25) is 0 Å². The van der Waals surface area contributed by atoms with Crippen molar-refractivity contribution >= 4 is 0 Å². The lowest BCUT2D eigenvalue weighted by atomic mass is 10.2. The summed E-state index contributed by atoms with van der Waals surface area (Å²) < 4.78 is 43.2. The van der Waals surface area contributed by atoms with Crippen LogP contribution < -0.4 is 4.74 Å². The monoisotopic (exact) mass is 474 g/mol. The topological polar surface area (TPSA) is 94.1 Å². The third-order valence-electron chi connectivity index (χ3n) is 4.30. The van der Waals surface area contributed by atoms with E-state index in [0.717, 1.165) is 12.2 Å². The third-order valence-corrected chi connectivity index (χ3v) is 4.30. The number of benzene rings is 1. The molecule has 0 bridgehead atoms. The first kappa shape index (κ1) is 29.7. The summed E-state index contributed by atoms with van der Waals surface area (Å²) in [5.41, 5.74) is 1.30. The Hall–Kier alpha value is -1.30. The van der Waals surface area contributed by atoms with E-state index >= 15 is 0 Å². The van der Waals surface area contributed by atoms with Gasteiger partial charge in [-0.25, -0.2) is 0 Å². The molecule has 0 aliphatic heterocycles. The van der Waals surface area contributed by atoms with E-state index in [2.05, 4.69) is 19.1 Å². The maximum Gasteiger partial charge on any atom is 0.119 e. The van der Waals surface area contributed by atoms with Crippen LogP contribution in [0, 0.1) is 0 Å². The number of hydrogen-bond donors (Lipinski definition) is 1. The van der Waals surface area contributed by atoms with Crippen LogP contribution in [0.15, 0.2) is 24.3 Å². The number of rotatable bonds is 25. The van der Waals surface area contributed by atoms with Gasteiger partial charge in [-0.05, 0) is 24.1 Å². The van der Waals surface area contributed by atoms with E-state index in [0.29, 0.717) is 99.1 Å².